The molecule has 0 aliphatic rings. The zero-order valence-corrected chi connectivity index (χ0v) is 15.1. The molecule has 0 bridgehead atoms. The summed E-state index contributed by atoms with van der Waals surface area (Å²) in [5.74, 6) is -1.25. The first-order chi connectivity index (χ1) is 13.8. The Morgan fingerprint density at radius 3 is 2.72 bits per heavy atom. The molecule has 10 heteroatoms. The van der Waals surface area contributed by atoms with E-state index in [9.17, 15) is 18.9 Å². The molecule has 2 aromatic carbocycles. The lowest BCUT2D eigenvalue weighted by atomic mass is 10.1. The van der Waals surface area contributed by atoms with Crippen molar-refractivity contribution in [3.63, 3.8) is 0 Å². The van der Waals surface area contributed by atoms with Crippen LogP contribution in [-0.2, 0) is 6.54 Å². The predicted molar refractivity (Wildman–Crippen MR) is 102 cm³/mol. The number of nitro benzene ring substituents is 1. The van der Waals surface area contributed by atoms with Gasteiger partial charge in [0.1, 0.15) is 11.6 Å². The molecule has 29 heavy (non-hydrogen) atoms. The number of benzene rings is 2. The van der Waals surface area contributed by atoms with E-state index < -0.39 is 16.6 Å². The van der Waals surface area contributed by atoms with Gasteiger partial charge in [0.2, 0.25) is 5.95 Å². The van der Waals surface area contributed by atoms with Crippen LogP contribution >= 0.6 is 0 Å². The van der Waals surface area contributed by atoms with Gasteiger partial charge in [0.05, 0.1) is 34.8 Å². The average molecular weight is 396 g/mol. The fourth-order valence-electron chi connectivity index (χ4n) is 3.06. The third-order valence-corrected chi connectivity index (χ3v) is 4.53. The minimum Gasteiger partial charge on any atom is -0.368 e. The van der Waals surface area contributed by atoms with Crippen LogP contribution in [0.1, 0.15) is 11.1 Å². The number of halogens is 2. The van der Waals surface area contributed by atoms with Gasteiger partial charge >= 0.3 is 0 Å². The van der Waals surface area contributed by atoms with Crippen molar-refractivity contribution in [3.05, 3.63) is 75.5 Å². The van der Waals surface area contributed by atoms with E-state index in [0.717, 1.165) is 6.07 Å². The first kappa shape index (κ1) is 18.4. The lowest BCUT2D eigenvalue weighted by molar-refractivity contribution is -0.385. The molecule has 0 saturated carbocycles. The number of fused-ring (bicyclic) bond motifs is 1. The third-order valence-electron chi connectivity index (χ3n) is 4.53. The van der Waals surface area contributed by atoms with E-state index in [-0.39, 0.29) is 35.0 Å². The summed E-state index contributed by atoms with van der Waals surface area (Å²) in [6, 6.07) is 8.29. The molecule has 0 amide bonds. The van der Waals surface area contributed by atoms with Gasteiger partial charge in [0.15, 0.2) is 5.65 Å². The van der Waals surface area contributed by atoms with E-state index in [1.54, 1.807) is 25.1 Å². The molecule has 2 heterocycles. The van der Waals surface area contributed by atoms with Crippen molar-refractivity contribution in [2.24, 2.45) is 0 Å². The fourth-order valence-corrected chi connectivity index (χ4v) is 3.06. The topological polar surface area (TPSA) is 113 Å². The molecule has 0 fully saturated rings. The first-order valence-electron chi connectivity index (χ1n) is 8.52. The molecule has 4 aromatic rings. The number of nitrogens with zero attached hydrogens (tertiary/aromatic N) is 5. The van der Waals surface area contributed by atoms with Crippen LogP contribution in [0.2, 0.25) is 0 Å². The number of rotatable bonds is 4. The Labute approximate surface area is 162 Å². The van der Waals surface area contributed by atoms with E-state index in [2.05, 4.69) is 15.1 Å². The summed E-state index contributed by atoms with van der Waals surface area (Å²) in [6.07, 6.45) is 1.45. The Morgan fingerprint density at radius 2 is 2.00 bits per heavy atom. The van der Waals surface area contributed by atoms with Gasteiger partial charge in [-0.1, -0.05) is 12.1 Å². The highest BCUT2D eigenvalue weighted by Gasteiger charge is 2.18. The monoisotopic (exact) mass is 396 g/mol. The number of aryl methyl sites for hydroxylation is 1. The van der Waals surface area contributed by atoms with E-state index in [1.165, 1.54) is 23.0 Å². The quantitative estimate of drug-likeness (QED) is 0.416. The zero-order chi connectivity index (χ0) is 20.7. The first-order valence-corrected chi connectivity index (χ1v) is 8.52. The minimum atomic E-state index is -0.741. The number of hydrogen-bond acceptors (Lipinski definition) is 6. The highest BCUT2D eigenvalue weighted by atomic mass is 19.1. The Bertz CT molecular complexity index is 1270. The molecule has 0 saturated heterocycles. The van der Waals surface area contributed by atoms with Crippen LogP contribution in [0.4, 0.5) is 20.4 Å². The largest absolute Gasteiger partial charge is 0.368 e. The van der Waals surface area contributed by atoms with Gasteiger partial charge in [-0.3, -0.25) is 10.1 Å². The molecule has 0 aliphatic heterocycles. The van der Waals surface area contributed by atoms with E-state index in [1.807, 2.05) is 0 Å². The normalized spacial score (nSPS) is 11.1. The molecule has 0 aliphatic carbocycles. The van der Waals surface area contributed by atoms with Crippen LogP contribution in [0.3, 0.4) is 0 Å². The number of nitro groups is 1. The van der Waals surface area contributed by atoms with Crippen molar-refractivity contribution in [1.29, 1.82) is 0 Å². The van der Waals surface area contributed by atoms with Crippen LogP contribution in [0.15, 0.2) is 42.6 Å². The molecule has 2 N–H and O–H groups in total. The van der Waals surface area contributed by atoms with E-state index >= 15 is 0 Å². The van der Waals surface area contributed by atoms with Crippen LogP contribution < -0.4 is 5.73 Å². The van der Waals surface area contributed by atoms with Crippen molar-refractivity contribution >= 4 is 22.7 Å². The maximum Gasteiger partial charge on any atom is 0.272 e. The predicted octanol–water partition coefficient (Wildman–Crippen LogP) is 3.62. The van der Waals surface area contributed by atoms with Gasteiger partial charge < -0.3 is 5.73 Å². The van der Waals surface area contributed by atoms with Gasteiger partial charge in [0.25, 0.3) is 5.69 Å². The molecule has 0 atom stereocenters. The summed E-state index contributed by atoms with van der Waals surface area (Å²) in [5.41, 5.74) is 6.94. The van der Waals surface area contributed by atoms with Gasteiger partial charge in [-0.25, -0.2) is 18.4 Å². The van der Waals surface area contributed by atoms with Gasteiger partial charge in [0, 0.05) is 17.2 Å². The maximum absolute atomic E-state index is 14.6. The number of hydrogen-bond donors (Lipinski definition) is 1. The van der Waals surface area contributed by atoms with Gasteiger partial charge in [-0.15, -0.1) is 0 Å². The minimum absolute atomic E-state index is 0.0421. The van der Waals surface area contributed by atoms with E-state index in [4.69, 9.17) is 5.73 Å². The SMILES string of the molecule is Cc1cccc(-c2nc(N)nc3c2cnn3Cc2ccc([N+](=O)[O-])cc2F)c1F. The van der Waals surface area contributed by atoms with Crippen molar-refractivity contribution in [2.75, 3.05) is 5.73 Å². The van der Waals surface area contributed by atoms with Crippen molar-refractivity contribution in [3.8, 4) is 11.3 Å². The molecule has 0 radical (unpaired) electrons. The Hall–Kier alpha value is -3.95. The average Bonchev–Trinajstić information content (AvgIpc) is 3.07. The summed E-state index contributed by atoms with van der Waals surface area (Å²) in [6.45, 7) is 1.60. The lowest BCUT2D eigenvalue weighted by Crippen LogP contribution is -2.07. The highest BCUT2D eigenvalue weighted by Crippen LogP contribution is 2.30. The molecule has 0 unspecified atom stereocenters. The third kappa shape index (κ3) is 3.24. The summed E-state index contributed by atoms with van der Waals surface area (Å²) >= 11 is 0. The number of aromatic nitrogens is 4. The van der Waals surface area contributed by atoms with Crippen molar-refractivity contribution in [2.45, 2.75) is 13.5 Å². The molecule has 0 spiro atoms. The van der Waals surface area contributed by atoms with E-state index in [0.29, 0.717) is 16.6 Å². The summed E-state index contributed by atoms with van der Waals surface area (Å²) in [5, 5.41) is 15.4. The van der Waals surface area contributed by atoms with Crippen molar-refractivity contribution < 1.29 is 13.7 Å². The second-order valence-electron chi connectivity index (χ2n) is 6.44. The molecule has 2 aromatic heterocycles. The Balaban J connectivity index is 1.82. The number of nitrogen functional groups attached to an aromatic ring is 1. The Kier molecular flexibility index (Phi) is 4.38. The smallest absolute Gasteiger partial charge is 0.272 e. The molecular formula is C19H14F2N6O2. The second kappa shape index (κ2) is 6.89. The second-order valence-corrected chi connectivity index (χ2v) is 6.44. The number of non-ortho nitro benzene ring substituents is 1. The fraction of sp³-hybridized carbons (Fsp3) is 0.105. The summed E-state index contributed by atoms with van der Waals surface area (Å²) in [7, 11) is 0. The van der Waals surface area contributed by atoms with Crippen molar-refractivity contribution in [1.82, 2.24) is 19.7 Å². The molecule has 8 nitrogen and oxygen atoms in total. The van der Waals surface area contributed by atoms with Crippen LogP contribution in [-0.4, -0.2) is 24.7 Å². The zero-order valence-electron chi connectivity index (χ0n) is 15.1. The highest BCUT2D eigenvalue weighted by molar-refractivity contribution is 5.91. The van der Waals surface area contributed by atoms with Gasteiger partial charge in [-0.2, -0.15) is 10.1 Å². The van der Waals surface area contributed by atoms with Gasteiger partial charge in [-0.05, 0) is 24.6 Å². The van der Waals surface area contributed by atoms with Crippen LogP contribution in [0.5, 0.6) is 0 Å². The summed E-state index contributed by atoms with van der Waals surface area (Å²) in [4.78, 5) is 18.4. The maximum atomic E-state index is 14.6. The van der Waals surface area contributed by atoms with Crippen LogP contribution in [0, 0.1) is 28.7 Å². The number of nitrogens with two attached hydrogens (primary N) is 1. The Morgan fingerprint density at radius 1 is 1.21 bits per heavy atom. The molecule has 146 valence electrons. The lowest BCUT2D eigenvalue weighted by Gasteiger charge is -2.08. The van der Waals surface area contributed by atoms with Crippen LogP contribution in [0.25, 0.3) is 22.3 Å². The number of anilines is 1. The standard InChI is InChI=1S/C19H14F2N6O2/c1-10-3-2-4-13(16(10)21)17-14-8-23-26(18(14)25-19(22)24-17)9-11-5-6-12(27(28)29)7-15(11)20/h2-8H,9H2,1H3,(H2,22,24,25). The molecular weight excluding hydrogens is 382 g/mol. The molecule has 4 rings (SSSR count). The summed E-state index contributed by atoms with van der Waals surface area (Å²) < 4.78 is 30.3.